The van der Waals surface area contributed by atoms with Gasteiger partial charge in [0.1, 0.15) is 5.75 Å². The summed E-state index contributed by atoms with van der Waals surface area (Å²) in [7, 11) is 0. The molecule has 2 aromatic heterocycles. The zero-order chi connectivity index (χ0) is 32.0. The summed E-state index contributed by atoms with van der Waals surface area (Å²) < 4.78 is 2.26. The van der Waals surface area contributed by atoms with Gasteiger partial charge < -0.3 is 30.2 Å². The van der Waals surface area contributed by atoms with Gasteiger partial charge in [-0.25, -0.2) is 4.79 Å². The largest absolute Gasteiger partial charge is 0.506 e. The van der Waals surface area contributed by atoms with E-state index in [4.69, 9.17) is 0 Å². The van der Waals surface area contributed by atoms with E-state index in [2.05, 4.69) is 56.7 Å². The predicted octanol–water partition coefficient (Wildman–Crippen LogP) is 6.79. The van der Waals surface area contributed by atoms with Crippen molar-refractivity contribution in [2.24, 2.45) is 0 Å². The van der Waals surface area contributed by atoms with Gasteiger partial charge in [-0.2, -0.15) is 0 Å². The number of benzene rings is 4. The van der Waals surface area contributed by atoms with Crippen molar-refractivity contribution in [3.8, 4) is 16.9 Å². The van der Waals surface area contributed by atoms with Crippen LogP contribution in [0.3, 0.4) is 0 Å². The number of amides is 1. The molecule has 2 heterocycles. The highest BCUT2D eigenvalue weighted by Gasteiger charge is 2.14. The average molecular weight is 617 g/mol. The van der Waals surface area contributed by atoms with Crippen LogP contribution >= 0.6 is 0 Å². The van der Waals surface area contributed by atoms with Crippen LogP contribution in [0, 0.1) is 0 Å². The van der Waals surface area contributed by atoms with Gasteiger partial charge in [-0.3, -0.25) is 10.1 Å². The van der Waals surface area contributed by atoms with Crippen LogP contribution in [0.15, 0.2) is 108 Å². The molecule has 0 radical (unpaired) electrons. The van der Waals surface area contributed by atoms with Crippen molar-refractivity contribution in [1.29, 1.82) is 0 Å². The van der Waals surface area contributed by atoms with Gasteiger partial charge in [0.25, 0.3) is 0 Å². The molecule has 9 heteroatoms. The number of H-pyrrole nitrogens is 1. The molecule has 6 rings (SSSR count). The topological polar surface area (TPSA) is 140 Å². The number of phenolic OH excluding ortho intramolecular Hbond substituents is 1. The third kappa shape index (κ3) is 6.96. The summed E-state index contributed by atoms with van der Waals surface area (Å²) in [6.45, 7) is 1.76. The minimum atomic E-state index is -1.08. The number of anilines is 1. The lowest BCUT2D eigenvalue weighted by molar-refractivity contribution is 0.176. The van der Waals surface area contributed by atoms with Crippen LogP contribution in [0.5, 0.6) is 5.75 Å². The molecule has 0 saturated heterocycles. The van der Waals surface area contributed by atoms with Gasteiger partial charge in [0, 0.05) is 48.4 Å². The second kappa shape index (κ2) is 13.7. The van der Waals surface area contributed by atoms with Gasteiger partial charge >= 0.3 is 6.09 Å². The molecular weight excluding hydrogens is 580 g/mol. The minimum Gasteiger partial charge on any atom is -0.506 e. The van der Waals surface area contributed by atoms with Crippen molar-refractivity contribution < 1.29 is 20.1 Å². The molecule has 0 bridgehead atoms. The molecule has 9 nitrogen and oxygen atoms in total. The normalized spacial score (nSPS) is 12.0. The number of aliphatic hydroxyl groups excluding tert-OH is 1. The summed E-state index contributed by atoms with van der Waals surface area (Å²) in [6.07, 6.45) is 3.01. The van der Waals surface area contributed by atoms with Crippen LogP contribution < -0.4 is 16.2 Å². The van der Waals surface area contributed by atoms with Gasteiger partial charge in [-0.05, 0) is 83.3 Å². The van der Waals surface area contributed by atoms with E-state index in [0.717, 1.165) is 59.0 Å². The highest BCUT2D eigenvalue weighted by Crippen LogP contribution is 2.30. The Morgan fingerprint density at radius 1 is 0.891 bits per heavy atom. The van der Waals surface area contributed by atoms with E-state index in [-0.39, 0.29) is 11.3 Å². The maximum atomic E-state index is 11.7. The van der Waals surface area contributed by atoms with Crippen LogP contribution in [0.2, 0.25) is 0 Å². The first kappa shape index (κ1) is 30.6. The Bertz CT molecular complexity index is 2050. The molecule has 0 spiro atoms. The number of nitrogens with one attached hydrogen (secondary N) is 3. The van der Waals surface area contributed by atoms with Gasteiger partial charge in [-0.15, -0.1) is 0 Å². The molecule has 0 aliphatic heterocycles. The van der Waals surface area contributed by atoms with Crippen LogP contribution in [0.25, 0.3) is 32.9 Å². The van der Waals surface area contributed by atoms with Crippen molar-refractivity contribution in [2.75, 3.05) is 11.9 Å². The van der Waals surface area contributed by atoms with Gasteiger partial charge in [0.15, 0.2) is 0 Å². The lowest BCUT2D eigenvalue weighted by Gasteiger charge is -2.15. The maximum Gasteiger partial charge on any atom is 0.409 e. The SMILES string of the molecule is O=C(O)Nc1cc(CCCCn2ccc3cc(CNC[C@@H](O)c4ccc(O)c5[nH]c(=O)ccc45)ccc32)ccc1-c1ccccc1. The van der Waals surface area contributed by atoms with Gasteiger partial charge in [0.05, 0.1) is 17.3 Å². The molecule has 1 atom stereocenters. The number of carboxylic acid groups (broad SMARTS) is 1. The molecule has 6 aromatic rings. The summed E-state index contributed by atoms with van der Waals surface area (Å²) >= 11 is 0. The fraction of sp³-hybridized carbons (Fsp3) is 0.189. The van der Waals surface area contributed by atoms with Crippen LogP contribution in [-0.4, -0.2) is 37.5 Å². The Balaban J connectivity index is 1.02. The average Bonchev–Trinajstić information content (AvgIpc) is 3.46. The number of carbonyl (C=O) groups is 1. The van der Waals surface area contributed by atoms with Crippen LogP contribution in [0.1, 0.15) is 35.6 Å². The Morgan fingerprint density at radius 2 is 1.72 bits per heavy atom. The first-order valence-corrected chi connectivity index (χ1v) is 15.4. The number of aromatic nitrogens is 2. The lowest BCUT2D eigenvalue weighted by atomic mass is 9.99. The predicted molar refractivity (Wildman–Crippen MR) is 181 cm³/mol. The number of phenols is 1. The number of aryl methyl sites for hydroxylation is 2. The van der Waals surface area contributed by atoms with E-state index in [1.807, 2.05) is 42.5 Å². The molecule has 4 aromatic carbocycles. The molecular formula is C37H36N4O5. The van der Waals surface area contributed by atoms with Gasteiger partial charge in [-0.1, -0.05) is 54.6 Å². The summed E-state index contributed by atoms with van der Waals surface area (Å²) in [5, 5.41) is 38.0. The number of pyridine rings is 1. The summed E-state index contributed by atoms with van der Waals surface area (Å²) in [5.74, 6) is -0.0326. The zero-order valence-corrected chi connectivity index (χ0v) is 25.2. The van der Waals surface area contributed by atoms with Crippen LogP contribution in [0.4, 0.5) is 10.5 Å². The van der Waals surface area contributed by atoms with Gasteiger partial charge in [0.2, 0.25) is 5.56 Å². The Hall–Kier alpha value is -5.38. The monoisotopic (exact) mass is 616 g/mol. The molecule has 234 valence electrons. The standard InChI is InChI=1S/C37H36N4O5/c42-33-15-12-29(30-13-16-35(44)40-36(30)33)34(43)23-38-22-25-10-14-32-27(20-25)17-19-41(32)18-5-4-6-24-9-11-28(26-7-2-1-3-8-26)31(21-24)39-37(45)46/h1-3,7-17,19-21,34,38-39,42-43H,4-6,18,22-23H2,(H,40,44)(H,45,46)/t34-/m1/s1. The Labute approximate surface area is 265 Å². The van der Waals surface area contributed by atoms with Crippen molar-refractivity contribution in [2.45, 2.75) is 38.5 Å². The van der Waals surface area contributed by atoms with E-state index >= 15 is 0 Å². The highest BCUT2D eigenvalue weighted by atomic mass is 16.4. The van der Waals surface area contributed by atoms with Crippen molar-refractivity contribution in [3.05, 3.63) is 130 Å². The molecule has 6 N–H and O–H groups in total. The van der Waals surface area contributed by atoms with Crippen molar-refractivity contribution >= 4 is 33.6 Å². The molecule has 0 saturated carbocycles. The summed E-state index contributed by atoms with van der Waals surface area (Å²) in [6, 6.07) is 30.4. The molecule has 0 aliphatic rings. The lowest BCUT2D eigenvalue weighted by Crippen LogP contribution is -2.21. The summed E-state index contributed by atoms with van der Waals surface area (Å²) in [4.78, 5) is 25.7. The van der Waals surface area contributed by atoms with Crippen molar-refractivity contribution in [3.63, 3.8) is 0 Å². The van der Waals surface area contributed by atoms with E-state index in [1.165, 1.54) is 12.1 Å². The Morgan fingerprint density at radius 3 is 2.54 bits per heavy atom. The third-order valence-corrected chi connectivity index (χ3v) is 8.29. The molecule has 0 fully saturated rings. The van der Waals surface area contributed by atoms with Crippen LogP contribution in [-0.2, 0) is 19.5 Å². The fourth-order valence-corrected chi connectivity index (χ4v) is 6.01. The number of hydrogen-bond acceptors (Lipinski definition) is 5. The van der Waals surface area contributed by atoms with Crippen molar-refractivity contribution in [1.82, 2.24) is 14.9 Å². The molecule has 0 aliphatic carbocycles. The number of rotatable bonds is 12. The number of aliphatic hydroxyl groups is 1. The quantitative estimate of drug-likeness (QED) is 0.0837. The number of unbranched alkanes of at least 4 members (excludes halogenated alkanes) is 1. The molecule has 0 unspecified atom stereocenters. The van der Waals surface area contributed by atoms with E-state index < -0.39 is 12.2 Å². The van der Waals surface area contributed by atoms with E-state index in [1.54, 1.807) is 12.1 Å². The highest BCUT2D eigenvalue weighted by molar-refractivity contribution is 5.91. The smallest absolute Gasteiger partial charge is 0.409 e. The number of hydrogen-bond donors (Lipinski definition) is 6. The number of aromatic amines is 1. The van der Waals surface area contributed by atoms with E-state index in [0.29, 0.717) is 35.2 Å². The molecule has 1 amide bonds. The first-order valence-electron chi connectivity index (χ1n) is 15.4. The first-order chi connectivity index (χ1) is 22.4. The summed E-state index contributed by atoms with van der Waals surface area (Å²) in [5.41, 5.74) is 6.42. The molecule has 46 heavy (non-hydrogen) atoms. The number of nitrogens with zero attached hydrogens (tertiary/aromatic N) is 1. The number of aromatic hydroxyl groups is 1. The zero-order valence-electron chi connectivity index (χ0n) is 25.2. The minimum absolute atomic E-state index is 0.0326. The maximum absolute atomic E-state index is 11.7. The third-order valence-electron chi connectivity index (χ3n) is 8.29. The second-order valence-corrected chi connectivity index (χ2v) is 11.5. The fourth-order valence-electron chi connectivity index (χ4n) is 6.01. The van der Waals surface area contributed by atoms with E-state index in [9.17, 15) is 24.9 Å². The Kier molecular flexibility index (Phi) is 9.14. The second-order valence-electron chi connectivity index (χ2n) is 11.5. The number of fused-ring (bicyclic) bond motifs is 2.